The van der Waals surface area contributed by atoms with Gasteiger partial charge >= 0.3 is 5.97 Å². The Labute approximate surface area is 194 Å². The summed E-state index contributed by atoms with van der Waals surface area (Å²) >= 11 is 1.25. The van der Waals surface area contributed by atoms with Crippen LogP contribution in [0, 0.1) is 0 Å². The van der Waals surface area contributed by atoms with E-state index in [9.17, 15) is 14.4 Å². The molecule has 0 bridgehead atoms. The van der Waals surface area contributed by atoms with Gasteiger partial charge in [0.05, 0.1) is 37.5 Å². The van der Waals surface area contributed by atoms with Crippen molar-refractivity contribution in [2.24, 2.45) is 0 Å². The highest BCUT2D eigenvalue weighted by molar-refractivity contribution is 7.12. The molecule has 2 amide bonds. The third-order valence-electron chi connectivity index (χ3n) is 4.44. The SMILES string of the molecule is COc1ccc(NC(=O)COC(=O)c2cc(OC)c(OC)cc2NC(=O)c2cccs2)cc1. The largest absolute Gasteiger partial charge is 0.497 e. The minimum Gasteiger partial charge on any atom is -0.497 e. The van der Waals surface area contributed by atoms with Gasteiger partial charge in [-0.25, -0.2) is 4.79 Å². The van der Waals surface area contributed by atoms with Crippen LogP contribution in [0.3, 0.4) is 0 Å². The fourth-order valence-electron chi connectivity index (χ4n) is 2.82. The van der Waals surface area contributed by atoms with Gasteiger partial charge in [0.15, 0.2) is 18.1 Å². The molecule has 0 aliphatic carbocycles. The van der Waals surface area contributed by atoms with E-state index in [2.05, 4.69) is 10.6 Å². The number of methoxy groups -OCH3 is 3. The summed E-state index contributed by atoms with van der Waals surface area (Å²) in [5.74, 6) is -0.525. The quantitative estimate of drug-likeness (QED) is 0.457. The summed E-state index contributed by atoms with van der Waals surface area (Å²) < 4.78 is 20.8. The van der Waals surface area contributed by atoms with Gasteiger partial charge < -0.3 is 29.6 Å². The van der Waals surface area contributed by atoms with Crippen LogP contribution in [0.1, 0.15) is 20.0 Å². The van der Waals surface area contributed by atoms with Crippen LogP contribution < -0.4 is 24.8 Å². The number of rotatable bonds is 9. The summed E-state index contributed by atoms with van der Waals surface area (Å²) in [7, 11) is 4.39. The smallest absolute Gasteiger partial charge is 0.340 e. The molecule has 2 N–H and O–H groups in total. The molecule has 0 aliphatic heterocycles. The minimum atomic E-state index is -0.817. The Kier molecular flexibility index (Phi) is 7.87. The van der Waals surface area contributed by atoms with Crippen LogP contribution in [0.2, 0.25) is 0 Å². The van der Waals surface area contributed by atoms with Crippen molar-refractivity contribution in [1.29, 1.82) is 0 Å². The Balaban J connectivity index is 1.74. The average molecular weight is 471 g/mol. The number of carbonyl (C=O) groups excluding carboxylic acids is 3. The topological polar surface area (TPSA) is 112 Å². The molecule has 10 heteroatoms. The third kappa shape index (κ3) is 6.01. The lowest BCUT2D eigenvalue weighted by molar-refractivity contribution is -0.119. The van der Waals surface area contributed by atoms with Gasteiger partial charge in [0.1, 0.15) is 5.75 Å². The van der Waals surface area contributed by atoms with E-state index in [1.165, 1.54) is 44.8 Å². The van der Waals surface area contributed by atoms with Crippen molar-refractivity contribution in [1.82, 2.24) is 0 Å². The van der Waals surface area contributed by atoms with Gasteiger partial charge in [-0.2, -0.15) is 0 Å². The van der Waals surface area contributed by atoms with E-state index in [1.807, 2.05) is 0 Å². The van der Waals surface area contributed by atoms with Crippen LogP contribution in [-0.2, 0) is 9.53 Å². The van der Waals surface area contributed by atoms with Gasteiger partial charge in [-0.3, -0.25) is 9.59 Å². The van der Waals surface area contributed by atoms with Crippen molar-refractivity contribution in [2.45, 2.75) is 0 Å². The molecule has 3 rings (SSSR count). The summed E-state index contributed by atoms with van der Waals surface area (Å²) in [6.07, 6.45) is 0. The predicted molar refractivity (Wildman–Crippen MR) is 124 cm³/mol. The molecule has 0 atom stereocenters. The standard InChI is InChI=1S/C23H22N2O7S/c1-29-15-8-6-14(7-9-15)24-21(26)13-32-23(28)16-11-18(30-2)19(31-3)12-17(16)25-22(27)20-5-4-10-33-20/h4-12H,13H2,1-3H3,(H,24,26)(H,25,27). The number of amides is 2. The summed E-state index contributed by atoms with van der Waals surface area (Å²) in [5.41, 5.74) is 0.688. The zero-order chi connectivity index (χ0) is 23.8. The normalized spacial score (nSPS) is 10.2. The first-order valence-corrected chi connectivity index (χ1v) is 10.5. The van der Waals surface area contributed by atoms with Crippen molar-refractivity contribution in [3.05, 3.63) is 64.4 Å². The molecule has 33 heavy (non-hydrogen) atoms. The lowest BCUT2D eigenvalue weighted by Gasteiger charge is -2.15. The molecule has 1 heterocycles. The second-order valence-electron chi connectivity index (χ2n) is 6.54. The minimum absolute atomic E-state index is 0.00908. The van der Waals surface area contributed by atoms with Gasteiger partial charge in [0.2, 0.25) is 0 Å². The Morgan fingerprint density at radius 3 is 2.18 bits per heavy atom. The highest BCUT2D eigenvalue weighted by atomic mass is 32.1. The van der Waals surface area contributed by atoms with E-state index in [4.69, 9.17) is 18.9 Å². The number of ether oxygens (including phenoxy) is 4. The van der Waals surface area contributed by atoms with E-state index in [0.29, 0.717) is 22.1 Å². The molecule has 2 aromatic carbocycles. The highest BCUT2D eigenvalue weighted by Crippen LogP contribution is 2.34. The number of thiophene rings is 1. The van der Waals surface area contributed by atoms with E-state index < -0.39 is 24.4 Å². The molecule has 0 fully saturated rings. The molecule has 0 unspecified atom stereocenters. The predicted octanol–water partition coefficient (Wildman–Crippen LogP) is 3.82. The van der Waals surface area contributed by atoms with Crippen molar-refractivity contribution in [2.75, 3.05) is 38.6 Å². The van der Waals surface area contributed by atoms with Crippen molar-refractivity contribution in [3.63, 3.8) is 0 Å². The van der Waals surface area contributed by atoms with Crippen LogP contribution in [-0.4, -0.2) is 45.7 Å². The van der Waals surface area contributed by atoms with Crippen molar-refractivity contribution >= 4 is 40.5 Å². The fraction of sp³-hybridized carbons (Fsp3) is 0.174. The molecule has 1 aromatic heterocycles. The average Bonchev–Trinajstić information content (AvgIpc) is 3.38. The Morgan fingerprint density at radius 1 is 0.879 bits per heavy atom. The van der Waals surface area contributed by atoms with Crippen LogP contribution in [0.25, 0.3) is 0 Å². The number of benzene rings is 2. The second-order valence-corrected chi connectivity index (χ2v) is 7.48. The number of carbonyl (C=O) groups is 3. The summed E-state index contributed by atoms with van der Waals surface area (Å²) in [6, 6.07) is 12.9. The molecule has 172 valence electrons. The summed E-state index contributed by atoms with van der Waals surface area (Å²) in [4.78, 5) is 38.0. The molecular weight excluding hydrogens is 448 g/mol. The van der Waals surface area contributed by atoms with Gasteiger partial charge in [-0.15, -0.1) is 11.3 Å². The van der Waals surface area contributed by atoms with Gasteiger partial charge in [0, 0.05) is 17.8 Å². The number of nitrogens with one attached hydrogen (secondary N) is 2. The lowest BCUT2D eigenvalue weighted by Crippen LogP contribution is -2.22. The molecule has 0 radical (unpaired) electrons. The van der Waals surface area contributed by atoms with E-state index in [0.717, 1.165) is 0 Å². The van der Waals surface area contributed by atoms with Crippen LogP contribution in [0.4, 0.5) is 11.4 Å². The zero-order valence-corrected chi connectivity index (χ0v) is 19.0. The number of hydrogen-bond donors (Lipinski definition) is 2. The van der Waals surface area contributed by atoms with Gasteiger partial charge in [-0.1, -0.05) is 6.07 Å². The van der Waals surface area contributed by atoms with E-state index in [1.54, 1.807) is 41.8 Å². The van der Waals surface area contributed by atoms with Crippen molar-refractivity contribution < 1.29 is 33.3 Å². The first-order valence-electron chi connectivity index (χ1n) is 9.67. The number of hydrogen-bond acceptors (Lipinski definition) is 8. The van der Waals surface area contributed by atoms with Crippen LogP contribution >= 0.6 is 11.3 Å². The summed E-state index contributed by atoms with van der Waals surface area (Å²) in [6.45, 7) is -0.530. The second kappa shape index (κ2) is 11.0. The molecule has 0 spiro atoms. The van der Waals surface area contributed by atoms with E-state index >= 15 is 0 Å². The van der Waals surface area contributed by atoms with Gasteiger partial charge in [-0.05, 0) is 35.7 Å². The molecule has 0 saturated carbocycles. The maximum Gasteiger partial charge on any atom is 0.340 e. The van der Waals surface area contributed by atoms with Gasteiger partial charge in [0.25, 0.3) is 11.8 Å². The lowest BCUT2D eigenvalue weighted by atomic mass is 10.1. The molecule has 0 saturated heterocycles. The molecule has 9 nitrogen and oxygen atoms in total. The Bertz CT molecular complexity index is 1130. The van der Waals surface area contributed by atoms with Crippen LogP contribution in [0.5, 0.6) is 17.2 Å². The fourth-order valence-corrected chi connectivity index (χ4v) is 3.44. The number of esters is 1. The van der Waals surface area contributed by atoms with Crippen LogP contribution in [0.15, 0.2) is 53.9 Å². The first-order chi connectivity index (χ1) is 15.9. The summed E-state index contributed by atoms with van der Waals surface area (Å²) in [5, 5.41) is 7.07. The zero-order valence-electron chi connectivity index (χ0n) is 18.2. The maximum absolute atomic E-state index is 12.8. The first kappa shape index (κ1) is 23.6. The highest BCUT2D eigenvalue weighted by Gasteiger charge is 2.21. The Morgan fingerprint density at radius 2 is 1.58 bits per heavy atom. The third-order valence-corrected chi connectivity index (χ3v) is 5.31. The monoisotopic (exact) mass is 470 g/mol. The van der Waals surface area contributed by atoms with E-state index in [-0.39, 0.29) is 17.0 Å². The Hall–Kier alpha value is -4.05. The molecular formula is C23H22N2O7S. The molecule has 3 aromatic rings. The van der Waals surface area contributed by atoms with Crippen molar-refractivity contribution in [3.8, 4) is 17.2 Å². The number of anilines is 2. The maximum atomic E-state index is 12.8. The molecule has 0 aliphatic rings.